The van der Waals surface area contributed by atoms with Crippen molar-refractivity contribution in [2.75, 3.05) is 6.61 Å². The number of thiol groups is 1. The lowest BCUT2D eigenvalue weighted by Crippen LogP contribution is -2.46. The number of carbonyl (C=O) groups is 1. The zero-order valence-corrected chi connectivity index (χ0v) is 12.0. The Balaban J connectivity index is 2.06. The number of hydrogen-bond donors (Lipinski definition) is 2. The van der Waals surface area contributed by atoms with Crippen LogP contribution in [-0.4, -0.2) is 24.2 Å². The van der Waals surface area contributed by atoms with Gasteiger partial charge in [0.25, 0.3) is 5.91 Å². The Labute approximate surface area is 117 Å². The molecule has 3 nitrogen and oxygen atoms in total. The van der Waals surface area contributed by atoms with Crippen LogP contribution in [0.1, 0.15) is 37.0 Å². The molecule has 5 heteroatoms. The summed E-state index contributed by atoms with van der Waals surface area (Å²) >= 11 is 4.12. The summed E-state index contributed by atoms with van der Waals surface area (Å²) in [5, 5.41) is 2.87. The van der Waals surface area contributed by atoms with Gasteiger partial charge in [-0.25, -0.2) is 4.39 Å². The number of amides is 1. The first-order valence-corrected chi connectivity index (χ1v) is 6.75. The standard InChI is InChI=1S/C14H18FNO2S/c1-14(2)8-9(5-6-18-14)16-13(17)11-7-10(19)3-4-12(11)15/h3-4,7,9,19H,5-6,8H2,1-2H3,(H,16,17). The van der Waals surface area contributed by atoms with E-state index in [0.717, 1.165) is 12.8 Å². The first-order chi connectivity index (χ1) is 8.87. The van der Waals surface area contributed by atoms with Crippen molar-refractivity contribution in [3.8, 4) is 0 Å². The van der Waals surface area contributed by atoms with Crippen LogP contribution in [0.5, 0.6) is 0 Å². The third-order valence-corrected chi connectivity index (χ3v) is 3.51. The molecule has 0 aliphatic carbocycles. The van der Waals surface area contributed by atoms with E-state index in [1.165, 1.54) is 18.2 Å². The first-order valence-electron chi connectivity index (χ1n) is 6.31. The van der Waals surface area contributed by atoms with Crippen LogP contribution >= 0.6 is 12.6 Å². The molecule has 1 aromatic carbocycles. The average molecular weight is 283 g/mol. The molecular formula is C14H18FNO2S. The Kier molecular flexibility index (Phi) is 4.16. The maximum atomic E-state index is 13.6. The molecule has 2 rings (SSSR count). The van der Waals surface area contributed by atoms with E-state index in [0.29, 0.717) is 11.5 Å². The lowest BCUT2D eigenvalue weighted by Gasteiger charge is -2.35. The van der Waals surface area contributed by atoms with E-state index < -0.39 is 11.7 Å². The van der Waals surface area contributed by atoms with E-state index in [1.54, 1.807) is 0 Å². The summed E-state index contributed by atoms with van der Waals surface area (Å²) < 4.78 is 19.2. The van der Waals surface area contributed by atoms with Gasteiger partial charge in [-0.05, 0) is 44.9 Å². The highest BCUT2D eigenvalue weighted by molar-refractivity contribution is 7.80. The molecule has 104 valence electrons. The van der Waals surface area contributed by atoms with Crippen LogP contribution < -0.4 is 5.32 Å². The fraction of sp³-hybridized carbons (Fsp3) is 0.500. The van der Waals surface area contributed by atoms with Crippen molar-refractivity contribution in [3.05, 3.63) is 29.6 Å². The van der Waals surface area contributed by atoms with Crippen LogP contribution in [0.25, 0.3) is 0 Å². The van der Waals surface area contributed by atoms with Crippen LogP contribution in [0, 0.1) is 5.82 Å². The predicted molar refractivity (Wildman–Crippen MR) is 74.2 cm³/mol. The zero-order chi connectivity index (χ0) is 14.0. The fourth-order valence-corrected chi connectivity index (χ4v) is 2.51. The number of ether oxygens (including phenoxy) is 1. The van der Waals surface area contributed by atoms with Gasteiger partial charge >= 0.3 is 0 Å². The Bertz CT molecular complexity index is 490. The van der Waals surface area contributed by atoms with Crippen LogP contribution in [0.4, 0.5) is 4.39 Å². The molecule has 1 unspecified atom stereocenters. The number of carbonyl (C=O) groups excluding carboxylic acids is 1. The van der Waals surface area contributed by atoms with Gasteiger partial charge < -0.3 is 10.1 Å². The molecule has 1 aromatic rings. The summed E-state index contributed by atoms with van der Waals surface area (Å²) in [5.41, 5.74) is -0.211. The molecular weight excluding hydrogens is 265 g/mol. The summed E-state index contributed by atoms with van der Waals surface area (Å²) in [6, 6.07) is 4.23. The largest absolute Gasteiger partial charge is 0.375 e. The zero-order valence-electron chi connectivity index (χ0n) is 11.1. The molecule has 0 aromatic heterocycles. The van der Waals surface area contributed by atoms with Crippen molar-refractivity contribution in [2.24, 2.45) is 0 Å². The maximum Gasteiger partial charge on any atom is 0.254 e. The van der Waals surface area contributed by atoms with Gasteiger partial charge in [0.2, 0.25) is 0 Å². The number of benzene rings is 1. The van der Waals surface area contributed by atoms with Gasteiger partial charge in [-0.3, -0.25) is 4.79 Å². The minimum atomic E-state index is -0.526. The van der Waals surface area contributed by atoms with Crippen LogP contribution in [0.2, 0.25) is 0 Å². The SMILES string of the molecule is CC1(C)CC(NC(=O)c2cc(S)ccc2F)CCO1. The van der Waals surface area contributed by atoms with Crippen molar-refractivity contribution in [1.82, 2.24) is 5.32 Å². The quantitative estimate of drug-likeness (QED) is 0.819. The van der Waals surface area contributed by atoms with Crippen molar-refractivity contribution in [2.45, 2.75) is 43.2 Å². The van der Waals surface area contributed by atoms with E-state index in [9.17, 15) is 9.18 Å². The highest BCUT2D eigenvalue weighted by Gasteiger charge is 2.30. The number of halogens is 1. The molecule has 1 aliphatic heterocycles. The van der Waals surface area contributed by atoms with Gasteiger partial charge in [-0.15, -0.1) is 12.6 Å². The Morgan fingerprint density at radius 2 is 2.26 bits per heavy atom. The minimum Gasteiger partial charge on any atom is -0.375 e. The summed E-state index contributed by atoms with van der Waals surface area (Å²) in [6.07, 6.45) is 1.47. The second-order valence-corrected chi connectivity index (χ2v) is 5.95. The topological polar surface area (TPSA) is 38.3 Å². The first kappa shape index (κ1) is 14.3. The lowest BCUT2D eigenvalue weighted by molar-refractivity contribution is -0.0615. The van der Waals surface area contributed by atoms with E-state index in [1.807, 2.05) is 13.8 Å². The maximum absolute atomic E-state index is 13.6. The second kappa shape index (κ2) is 5.51. The van der Waals surface area contributed by atoms with Gasteiger partial charge in [-0.2, -0.15) is 0 Å². The van der Waals surface area contributed by atoms with Crippen molar-refractivity contribution in [1.29, 1.82) is 0 Å². The van der Waals surface area contributed by atoms with Crippen LogP contribution in [0.3, 0.4) is 0 Å². The molecule has 0 spiro atoms. The van der Waals surface area contributed by atoms with Gasteiger partial charge in [0.1, 0.15) is 5.82 Å². The van der Waals surface area contributed by atoms with Crippen molar-refractivity contribution >= 4 is 18.5 Å². The molecule has 0 bridgehead atoms. The number of nitrogens with one attached hydrogen (secondary N) is 1. The van der Waals surface area contributed by atoms with Gasteiger partial charge in [0.05, 0.1) is 11.2 Å². The Morgan fingerprint density at radius 1 is 1.53 bits per heavy atom. The normalized spacial score (nSPS) is 22.0. The molecule has 1 atom stereocenters. The summed E-state index contributed by atoms with van der Waals surface area (Å²) in [6.45, 7) is 4.58. The summed E-state index contributed by atoms with van der Waals surface area (Å²) in [5.74, 6) is -0.919. The third kappa shape index (κ3) is 3.70. The molecule has 0 saturated carbocycles. The fourth-order valence-electron chi connectivity index (χ4n) is 2.31. The number of rotatable bonds is 2. The summed E-state index contributed by atoms with van der Waals surface area (Å²) in [4.78, 5) is 12.6. The molecule has 1 amide bonds. The summed E-state index contributed by atoms with van der Waals surface area (Å²) in [7, 11) is 0. The second-order valence-electron chi connectivity index (χ2n) is 5.44. The van der Waals surface area contributed by atoms with Crippen molar-refractivity contribution in [3.63, 3.8) is 0 Å². The van der Waals surface area contributed by atoms with E-state index in [4.69, 9.17) is 4.74 Å². The van der Waals surface area contributed by atoms with E-state index >= 15 is 0 Å². The van der Waals surface area contributed by atoms with Gasteiger partial charge in [0, 0.05) is 17.5 Å². The molecule has 1 aliphatic rings. The van der Waals surface area contributed by atoms with Crippen LogP contribution in [-0.2, 0) is 4.74 Å². The Morgan fingerprint density at radius 3 is 2.95 bits per heavy atom. The number of hydrogen-bond acceptors (Lipinski definition) is 3. The molecule has 1 fully saturated rings. The average Bonchev–Trinajstić information content (AvgIpc) is 2.31. The molecule has 0 radical (unpaired) electrons. The van der Waals surface area contributed by atoms with Crippen LogP contribution in [0.15, 0.2) is 23.1 Å². The molecule has 1 saturated heterocycles. The smallest absolute Gasteiger partial charge is 0.254 e. The molecule has 1 heterocycles. The molecule has 19 heavy (non-hydrogen) atoms. The monoisotopic (exact) mass is 283 g/mol. The highest BCUT2D eigenvalue weighted by atomic mass is 32.1. The van der Waals surface area contributed by atoms with E-state index in [-0.39, 0.29) is 17.2 Å². The predicted octanol–water partition coefficient (Wildman–Crippen LogP) is 2.80. The van der Waals surface area contributed by atoms with Gasteiger partial charge in [-0.1, -0.05) is 0 Å². The van der Waals surface area contributed by atoms with Gasteiger partial charge in [0.15, 0.2) is 0 Å². The highest BCUT2D eigenvalue weighted by Crippen LogP contribution is 2.24. The van der Waals surface area contributed by atoms with Crippen molar-refractivity contribution < 1.29 is 13.9 Å². The molecule has 1 N–H and O–H groups in total. The minimum absolute atomic E-state index is 0.0132. The van der Waals surface area contributed by atoms with E-state index in [2.05, 4.69) is 17.9 Å². The Hall–Kier alpha value is -1.07. The lowest BCUT2D eigenvalue weighted by atomic mass is 9.94. The third-order valence-electron chi connectivity index (χ3n) is 3.23.